The van der Waals surface area contributed by atoms with Crippen molar-refractivity contribution in [3.05, 3.63) is 40.9 Å². The molecule has 3 heterocycles. The van der Waals surface area contributed by atoms with Crippen LogP contribution in [0.15, 0.2) is 40.4 Å². The molecular formula is C18H19N3S. The first-order valence-corrected chi connectivity index (χ1v) is 8.97. The summed E-state index contributed by atoms with van der Waals surface area (Å²) in [6.07, 6.45) is 7.37. The molecule has 3 nitrogen and oxygen atoms in total. The molecule has 2 atom stereocenters. The molecule has 1 aromatic heterocycles. The lowest BCUT2D eigenvalue weighted by atomic mass is 9.90. The van der Waals surface area contributed by atoms with Gasteiger partial charge in [0.1, 0.15) is 0 Å². The van der Waals surface area contributed by atoms with Crippen molar-refractivity contribution >= 4 is 33.5 Å². The fourth-order valence-corrected chi connectivity index (χ4v) is 5.26. The van der Waals surface area contributed by atoms with Gasteiger partial charge >= 0.3 is 0 Å². The van der Waals surface area contributed by atoms with Gasteiger partial charge in [-0.3, -0.25) is 4.99 Å². The van der Waals surface area contributed by atoms with E-state index in [1.807, 2.05) is 11.8 Å². The van der Waals surface area contributed by atoms with E-state index in [-0.39, 0.29) is 0 Å². The topological polar surface area (TPSA) is 31.4 Å². The third-order valence-corrected chi connectivity index (χ3v) is 6.16. The average molecular weight is 309 g/mol. The lowest BCUT2D eigenvalue weighted by Gasteiger charge is -2.32. The number of fused-ring (bicyclic) bond motifs is 4. The molecular weight excluding hydrogens is 290 g/mol. The van der Waals surface area contributed by atoms with E-state index >= 15 is 0 Å². The van der Waals surface area contributed by atoms with Gasteiger partial charge in [0.05, 0.1) is 17.8 Å². The molecule has 1 fully saturated rings. The Balaban J connectivity index is 1.64. The fourth-order valence-electron chi connectivity index (χ4n) is 4.17. The van der Waals surface area contributed by atoms with Crippen LogP contribution >= 0.6 is 11.8 Å². The molecule has 22 heavy (non-hydrogen) atoms. The number of amidine groups is 1. The highest BCUT2D eigenvalue weighted by atomic mass is 32.2. The van der Waals surface area contributed by atoms with Gasteiger partial charge in [-0.05, 0) is 25.8 Å². The number of thioether (sulfide) groups is 1. The number of aliphatic imine (C=N–C) groups is 1. The highest BCUT2D eigenvalue weighted by molar-refractivity contribution is 8.17. The SMILES string of the molecule is CC1=C(c2c[nH]c3ccccc23)N2C(=N[C@@H]3CCCC[C@@H]32)S1. The van der Waals surface area contributed by atoms with Gasteiger partial charge in [0.15, 0.2) is 5.17 Å². The van der Waals surface area contributed by atoms with Crippen LogP contribution in [0.3, 0.4) is 0 Å². The predicted octanol–water partition coefficient (Wildman–Crippen LogP) is 4.59. The highest BCUT2D eigenvalue weighted by Crippen LogP contribution is 2.48. The fraction of sp³-hybridized carbons (Fsp3) is 0.389. The summed E-state index contributed by atoms with van der Waals surface area (Å²) >= 11 is 1.86. The number of nitrogens with zero attached hydrogens (tertiary/aromatic N) is 2. The monoisotopic (exact) mass is 309 g/mol. The Hall–Kier alpha value is -1.68. The van der Waals surface area contributed by atoms with E-state index in [0.717, 1.165) is 0 Å². The molecule has 0 unspecified atom stereocenters. The Morgan fingerprint density at radius 3 is 3.05 bits per heavy atom. The van der Waals surface area contributed by atoms with Crippen molar-refractivity contribution in [2.75, 3.05) is 0 Å². The van der Waals surface area contributed by atoms with E-state index in [0.29, 0.717) is 12.1 Å². The zero-order valence-corrected chi connectivity index (χ0v) is 13.5. The Labute approximate surface area is 134 Å². The van der Waals surface area contributed by atoms with E-state index in [1.165, 1.54) is 57.9 Å². The number of aromatic nitrogens is 1. The van der Waals surface area contributed by atoms with E-state index in [4.69, 9.17) is 4.99 Å². The van der Waals surface area contributed by atoms with Gasteiger partial charge in [-0.2, -0.15) is 0 Å². The van der Waals surface area contributed by atoms with E-state index < -0.39 is 0 Å². The molecule has 1 aliphatic carbocycles. The van der Waals surface area contributed by atoms with Crippen LogP contribution in [0.1, 0.15) is 38.2 Å². The van der Waals surface area contributed by atoms with Crippen LogP contribution in [0.5, 0.6) is 0 Å². The quantitative estimate of drug-likeness (QED) is 0.835. The molecule has 1 N–H and O–H groups in total. The zero-order valence-electron chi connectivity index (χ0n) is 12.7. The molecule has 4 heteroatoms. The third-order valence-electron chi connectivity index (χ3n) is 5.17. The summed E-state index contributed by atoms with van der Waals surface area (Å²) in [5.74, 6) is 0. The van der Waals surface area contributed by atoms with Crippen molar-refractivity contribution in [2.45, 2.75) is 44.7 Å². The van der Waals surface area contributed by atoms with Gasteiger partial charge in [-0.1, -0.05) is 42.8 Å². The minimum Gasteiger partial charge on any atom is -0.360 e. The summed E-state index contributed by atoms with van der Waals surface area (Å²) in [6, 6.07) is 9.68. The maximum absolute atomic E-state index is 5.02. The van der Waals surface area contributed by atoms with Crippen LogP contribution in [0.2, 0.25) is 0 Å². The third kappa shape index (κ3) is 1.67. The Morgan fingerprint density at radius 2 is 2.09 bits per heavy atom. The first-order valence-electron chi connectivity index (χ1n) is 8.15. The summed E-state index contributed by atoms with van der Waals surface area (Å²) < 4.78 is 0. The van der Waals surface area contributed by atoms with Crippen LogP contribution in [-0.2, 0) is 0 Å². The number of allylic oxidation sites excluding steroid dienone is 1. The van der Waals surface area contributed by atoms with Crippen molar-refractivity contribution in [2.24, 2.45) is 4.99 Å². The number of H-pyrrole nitrogens is 1. The van der Waals surface area contributed by atoms with E-state index in [1.54, 1.807) is 0 Å². The van der Waals surface area contributed by atoms with E-state index in [2.05, 4.69) is 47.3 Å². The van der Waals surface area contributed by atoms with Gasteiger partial charge in [-0.25, -0.2) is 0 Å². The maximum atomic E-state index is 5.02. The first kappa shape index (κ1) is 12.8. The second-order valence-corrected chi connectivity index (χ2v) is 7.64. The van der Waals surface area contributed by atoms with E-state index in [9.17, 15) is 0 Å². The molecule has 0 spiro atoms. The normalized spacial score (nSPS) is 27.3. The molecule has 5 rings (SSSR count). The van der Waals surface area contributed by atoms with Gasteiger partial charge in [-0.15, -0.1) is 0 Å². The molecule has 1 aromatic carbocycles. The predicted molar refractivity (Wildman–Crippen MR) is 93.8 cm³/mol. The number of aromatic amines is 1. The Morgan fingerprint density at radius 1 is 1.23 bits per heavy atom. The Bertz CT molecular complexity index is 817. The number of rotatable bonds is 1. The maximum Gasteiger partial charge on any atom is 0.169 e. The molecule has 0 saturated heterocycles. The second-order valence-electron chi connectivity index (χ2n) is 6.46. The summed E-state index contributed by atoms with van der Waals surface area (Å²) in [5, 5.41) is 2.55. The molecule has 3 aliphatic rings. The van der Waals surface area contributed by atoms with Crippen molar-refractivity contribution < 1.29 is 0 Å². The average Bonchev–Trinajstić information content (AvgIpc) is 3.18. The molecule has 1 saturated carbocycles. The summed E-state index contributed by atoms with van der Waals surface area (Å²) in [4.78, 5) is 12.4. The summed E-state index contributed by atoms with van der Waals surface area (Å²) in [5.41, 5.74) is 3.93. The van der Waals surface area contributed by atoms with Crippen molar-refractivity contribution in [3.8, 4) is 0 Å². The number of benzene rings is 1. The van der Waals surface area contributed by atoms with Crippen molar-refractivity contribution in [1.82, 2.24) is 9.88 Å². The highest BCUT2D eigenvalue weighted by Gasteiger charge is 2.44. The molecule has 112 valence electrons. The second kappa shape index (κ2) is 4.66. The summed E-state index contributed by atoms with van der Waals surface area (Å²) in [7, 11) is 0. The van der Waals surface area contributed by atoms with Gasteiger partial charge in [0.25, 0.3) is 0 Å². The lowest BCUT2D eigenvalue weighted by molar-refractivity contribution is 0.305. The van der Waals surface area contributed by atoms with Crippen LogP contribution in [-0.4, -0.2) is 27.1 Å². The van der Waals surface area contributed by atoms with Crippen molar-refractivity contribution in [3.63, 3.8) is 0 Å². The molecule has 0 bridgehead atoms. The molecule has 2 aliphatic heterocycles. The standard InChI is InChI=1S/C18H19N3S/c1-11-17(13-10-19-14-7-3-2-6-12(13)14)21-16-9-5-4-8-15(16)20-18(21)22-11/h2-3,6-7,10,15-16,19H,4-5,8-9H2,1H3/t15-,16+/m1/s1. The van der Waals surface area contributed by atoms with Crippen LogP contribution in [0.4, 0.5) is 0 Å². The molecule has 0 amide bonds. The molecule has 0 radical (unpaired) electrons. The largest absolute Gasteiger partial charge is 0.360 e. The number of nitrogens with one attached hydrogen (secondary N) is 1. The van der Waals surface area contributed by atoms with Gasteiger partial charge in [0, 0.05) is 27.6 Å². The minimum absolute atomic E-state index is 0.518. The van der Waals surface area contributed by atoms with Crippen LogP contribution in [0.25, 0.3) is 16.6 Å². The van der Waals surface area contributed by atoms with Crippen molar-refractivity contribution in [1.29, 1.82) is 0 Å². The molecule has 2 aromatic rings. The van der Waals surface area contributed by atoms with Crippen LogP contribution in [0, 0.1) is 0 Å². The number of para-hydroxylation sites is 1. The van der Waals surface area contributed by atoms with Crippen LogP contribution < -0.4 is 0 Å². The number of hydrogen-bond acceptors (Lipinski definition) is 3. The minimum atomic E-state index is 0.518. The first-order chi connectivity index (χ1) is 10.8. The summed E-state index contributed by atoms with van der Waals surface area (Å²) in [6.45, 7) is 2.24. The smallest absolute Gasteiger partial charge is 0.169 e. The zero-order chi connectivity index (χ0) is 14.7. The number of hydrogen-bond donors (Lipinski definition) is 1. The lowest BCUT2D eigenvalue weighted by Crippen LogP contribution is -2.38. The van der Waals surface area contributed by atoms with Gasteiger partial charge < -0.3 is 9.88 Å². The Kier molecular flexibility index (Phi) is 2.71. The van der Waals surface area contributed by atoms with Gasteiger partial charge in [0.2, 0.25) is 0 Å².